The summed E-state index contributed by atoms with van der Waals surface area (Å²) in [5.41, 5.74) is 6.50. The number of ether oxygens (including phenoxy) is 1. The van der Waals surface area contributed by atoms with Crippen molar-refractivity contribution < 1.29 is 9.53 Å². The van der Waals surface area contributed by atoms with Gasteiger partial charge in [-0.3, -0.25) is 9.78 Å². The Bertz CT molecular complexity index is 682. The van der Waals surface area contributed by atoms with Crippen molar-refractivity contribution in [1.82, 2.24) is 10.4 Å². The summed E-state index contributed by atoms with van der Waals surface area (Å²) in [6.45, 7) is 5.89. The highest BCUT2D eigenvalue weighted by molar-refractivity contribution is 5.82. The number of nitrogens with one attached hydrogen (secondary N) is 1. The van der Waals surface area contributed by atoms with Gasteiger partial charge in [0.05, 0.1) is 6.21 Å². The van der Waals surface area contributed by atoms with E-state index >= 15 is 0 Å². The lowest BCUT2D eigenvalue weighted by molar-refractivity contribution is -0.123. The molecule has 5 nitrogen and oxygen atoms in total. The van der Waals surface area contributed by atoms with Crippen LogP contribution in [0.2, 0.25) is 0 Å². The number of amides is 1. The van der Waals surface area contributed by atoms with Crippen molar-refractivity contribution in [3.8, 4) is 5.75 Å². The van der Waals surface area contributed by atoms with Crippen LogP contribution in [0.5, 0.6) is 5.75 Å². The minimum absolute atomic E-state index is 0.0706. The number of carbonyl (C=O) groups is 1. The molecular weight excluding hydrogens is 278 g/mol. The van der Waals surface area contributed by atoms with E-state index in [9.17, 15) is 4.79 Å². The van der Waals surface area contributed by atoms with Gasteiger partial charge in [0.25, 0.3) is 5.91 Å². The van der Waals surface area contributed by atoms with Crippen molar-refractivity contribution >= 4 is 12.1 Å². The molecule has 1 aromatic carbocycles. The fraction of sp³-hybridized carbons (Fsp3) is 0.235. The fourth-order valence-corrected chi connectivity index (χ4v) is 1.95. The fourth-order valence-electron chi connectivity index (χ4n) is 1.95. The minimum Gasteiger partial charge on any atom is -0.483 e. The normalized spacial score (nSPS) is 10.7. The van der Waals surface area contributed by atoms with E-state index in [0.29, 0.717) is 0 Å². The van der Waals surface area contributed by atoms with Gasteiger partial charge in [-0.15, -0.1) is 0 Å². The number of pyridine rings is 1. The highest BCUT2D eigenvalue weighted by Crippen LogP contribution is 2.25. The first-order chi connectivity index (χ1) is 10.6. The molecule has 0 aliphatic rings. The van der Waals surface area contributed by atoms with Gasteiger partial charge in [-0.2, -0.15) is 5.10 Å². The predicted molar refractivity (Wildman–Crippen MR) is 86.1 cm³/mol. The summed E-state index contributed by atoms with van der Waals surface area (Å²) in [5.74, 6) is 0.457. The molecule has 0 saturated heterocycles. The average molecular weight is 297 g/mol. The van der Waals surface area contributed by atoms with Gasteiger partial charge in [0.2, 0.25) is 0 Å². The molecule has 1 heterocycles. The molecule has 0 aliphatic carbocycles. The second-order valence-electron chi connectivity index (χ2n) is 5.02. The van der Waals surface area contributed by atoms with Crippen molar-refractivity contribution in [3.05, 3.63) is 58.9 Å². The van der Waals surface area contributed by atoms with Crippen LogP contribution in [0.25, 0.3) is 0 Å². The largest absolute Gasteiger partial charge is 0.483 e. The van der Waals surface area contributed by atoms with Gasteiger partial charge in [0.15, 0.2) is 6.61 Å². The summed E-state index contributed by atoms with van der Waals surface area (Å²) in [4.78, 5) is 15.7. The summed E-state index contributed by atoms with van der Waals surface area (Å²) in [6.07, 6.45) is 4.88. The zero-order valence-corrected chi connectivity index (χ0v) is 13.0. The third kappa shape index (κ3) is 4.15. The number of carbonyl (C=O) groups excluding carboxylic acids is 1. The molecule has 0 bridgehead atoms. The van der Waals surface area contributed by atoms with Crippen LogP contribution in [0.3, 0.4) is 0 Å². The lowest BCUT2D eigenvalue weighted by Gasteiger charge is -2.13. The number of hydrogen-bond donors (Lipinski definition) is 1. The van der Waals surface area contributed by atoms with E-state index in [1.807, 2.05) is 32.9 Å². The molecule has 2 aromatic rings. The summed E-state index contributed by atoms with van der Waals surface area (Å²) < 4.78 is 5.62. The minimum atomic E-state index is -0.300. The van der Waals surface area contributed by atoms with Crippen LogP contribution in [0.4, 0.5) is 0 Å². The molecule has 0 aliphatic heterocycles. The number of benzene rings is 1. The van der Waals surface area contributed by atoms with Crippen LogP contribution >= 0.6 is 0 Å². The molecule has 22 heavy (non-hydrogen) atoms. The average Bonchev–Trinajstić information content (AvgIpc) is 2.52. The Kier molecular flexibility index (Phi) is 5.25. The third-order valence-corrected chi connectivity index (χ3v) is 3.33. The molecule has 1 N–H and O–H groups in total. The number of aryl methyl sites for hydroxylation is 2. The Labute approximate surface area is 130 Å². The second-order valence-corrected chi connectivity index (χ2v) is 5.02. The summed E-state index contributed by atoms with van der Waals surface area (Å²) in [6, 6.07) is 7.62. The standard InChI is InChI=1S/C17H19N3O2/c1-12-4-5-13(2)17(14(12)3)22-11-16(21)20-19-10-15-6-8-18-9-7-15/h4-10H,11H2,1-3H3,(H,20,21). The van der Waals surface area contributed by atoms with Crippen molar-refractivity contribution in [1.29, 1.82) is 0 Å². The SMILES string of the molecule is Cc1ccc(C)c(OCC(=O)NN=Cc2ccncc2)c1C. The maximum atomic E-state index is 11.8. The van der Waals surface area contributed by atoms with Gasteiger partial charge in [-0.1, -0.05) is 12.1 Å². The summed E-state index contributed by atoms with van der Waals surface area (Å²) in [7, 11) is 0. The van der Waals surface area contributed by atoms with Crippen LogP contribution in [0.1, 0.15) is 22.3 Å². The van der Waals surface area contributed by atoms with Crippen molar-refractivity contribution in [3.63, 3.8) is 0 Å². The van der Waals surface area contributed by atoms with Crippen LogP contribution in [0, 0.1) is 20.8 Å². The van der Waals surface area contributed by atoms with Gasteiger partial charge in [-0.25, -0.2) is 5.43 Å². The quantitative estimate of drug-likeness (QED) is 0.681. The topological polar surface area (TPSA) is 63.6 Å². The van der Waals surface area contributed by atoms with E-state index in [0.717, 1.165) is 28.0 Å². The molecule has 0 atom stereocenters. The molecule has 5 heteroatoms. The predicted octanol–water partition coefficient (Wildman–Crippen LogP) is 2.54. The second kappa shape index (κ2) is 7.36. The van der Waals surface area contributed by atoms with Crippen LogP contribution in [-0.2, 0) is 4.79 Å². The molecule has 2 rings (SSSR count). The zero-order valence-electron chi connectivity index (χ0n) is 13.0. The first-order valence-corrected chi connectivity index (χ1v) is 6.99. The lowest BCUT2D eigenvalue weighted by Crippen LogP contribution is -2.25. The molecule has 1 aromatic heterocycles. The van der Waals surface area contributed by atoms with Gasteiger partial charge in [0, 0.05) is 12.4 Å². The Balaban J connectivity index is 1.89. The highest BCUT2D eigenvalue weighted by Gasteiger charge is 2.08. The van der Waals surface area contributed by atoms with E-state index in [-0.39, 0.29) is 12.5 Å². The first-order valence-electron chi connectivity index (χ1n) is 6.99. The van der Waals surface area contributed by atoms with Crippen molar-refractivity contribution in [2.45, 2.75) is 20.8 Å². The Morgan fingerprint density at radius 1 is 1.18 bits per heavy atom. The van der Waals surface area contributed by atoms with Crippen LogP contribution in [-0.4, -0.2) is 23.7 Å². The smallest absolute Gasteiger partial charge is 0.277 e. The third-order valence-electron chi connectivity index (χ3n) is 3.33. The molecule has 1 amide bonds. The number of nitrogens with zero attached hydrogens (tertiary/aromatic N) is 2. The first kappa shape index (κ1) is 15.7. The monoisotopic (exact) mass is 297 g/mol. The van der Waals surface area contributed by atoms with Gasteiger partial charge in [0.1, 0.15) is 5.75 Å². The molecule has 0 fully saturated rings. The number of hydrazone groups is 1. The molecule has 0 radical (unpaired) electrons. The maximum absolute atomic E-state index is 11.8. The van der Waals surface area contributed by atoms with E-state index in [4.69, 9.17) is 4.74 Å². The van der Waals surface area contributed by atoms with Crippen LogP contribution < -0.4 is 10.2 Å². The van der Waals surface area contributed by atoms with E-state index in [2.05, 4.69) is 15.5 Å². The maximum Gasteiger partial charge on any atom is 0.277 e. The van der Waals surface area contributed by atoms with Gasteiger partial charge >= 0.3 is 0 Å². The molecule has 0 spiro atoms. The molecule has 114 valence electrons. The van der Waals surface area contributed by atoms with Crippen LogP contribution in [0.15, 0.2) is 41.8 Å². The Morgan fingerprint density at radius 2 is 1.86 bits per heavy atom. The number of aromatic nitrogens is 1. The highest BCUT2D eigenvalue weighted by atomic mass is 16.5. The number of rotatable bonds is 5. The Morgan fingerprint density at radius 3 is 2.59 bits per heavy atom. The van der Waals surface area contributed by atoms with E-state index in [1.165, 1.54) is 0 Å². The van der Waals surface area contributed by atoms with Gasteiger partial charge < -0.3 is 4.74 Å². The van der Waals surface area contributed by atoms with E-state index in [1.54, 1.807) is 30.7 Å². The lowest BCUT2D eigenvalue weighted by atomic mass is 10.1. The number of hydrogen-bond acceptors (Lipinski definition) is 4. The summed E-state index contributed by atoms with van der Waals surface area (Å²) in [5, 5.41) is 3.88. The zero-order chi connectivity index (χ0) is 15.9. The van der Waals surface area contributed by atoms with Gasteiger partial charge in [-0.05, 0) is 55.2 Å². The molecule has 0 unspecified atom stereocenters. The van der Waals surface area contributed by atoms with Crippen molar-refractivity contribution in [2.75, 3.05) is 6.61 Å². The molecule has 0 saturated carbocycles. The van der Waals surface area contributed by atoms with Crippen molar-refractivity contribution in [2.24, 2.45) is 5.10 Å². The summed E-state index contributed by atoms with van der Waals surface area (Å²) >= 11 is 0. The molecular formula is C17H19N3O2. The van der Waals surface area contributed by atoms with E-state index < -0.39 is 0 Å². The Hall–Kier alpha value is -2.69.